The van der Waals surface area contributed by atoms with Crippen molar-refractivity contribution in [2.24, 2.45) is 0 Å². The summed E-state index contributed by atoms with van der Waals surface area (Å²) in [6.07, 6.45) is 1.58. The lowest BCUT2D eigenvalue weighted by Gasteiger charge is -2.08. The van der Waals surface area contributed by atoms with Gasteiger partial charge in [-0.15, -0.1) is 0 Å². The first kappa shape index (κ1) is 15.3. The molecule has 1 aromatic heterocycles. The van der Waals surface area contributed by atoms with Crippen molar-refractivity contribution in [2.75, 3.05) is 10.6 Å². The van der Waals surface area contributed by atoms with Crippen LogP contribution in [-0.4, -0.2) is 10.9 Å². The van der Waals surface area contributed by atoms with E-state index in [1.807, 2.05) is 36.4 Å². The fraction of sp³-hybridized carbons (Fsp3) is 0. The van der Waals surface area contributed by atoms with Crippen LogP contribution in [-0.2, 0) is 0 Å². The van der Waals surface area contributed by atoms with E-state index in [4.69, 9.17) is 5.26 Å². The molecule has 0 aliphatic rings. The zero-order valence-electron chi connectivity index (χ0n) is 12.7. The van der Waals surface area contributed by atoms with Gasteiger partial charge in [0.15, 0.2) is 0 Å². The van der Waals surface area contributed by atoms with E-state index in [2.05, 4.69) is 15.6 Å². The van der Waals surface area contributed by atoms with Crippen LogP contribution in [0.15, 0.2) is 72.9 Å². The minimum absolute atomic E-state index is 0.290. The molecule has 1 heterocycles. The number of anilines is 3. The Morgan fingerprint density at radius 3 is 2.50 bits per heavy atom. The molecule has 2 N–H and O–H groups in total. The molecule has 0 saturated heterocycles. The summed E-state index contributed by atoms with van der Waals surface area (Å²) in [6, 6.07) is 21.9. The Bertz CT molecular complexity index is 900. The summed E-state index contributed by atoms with van der Waals surface area (Å²) in [7, 11) is 0. The van der Waals surface area contributed by atoms with Crippen LogP contribution in [0.5, 0.6) is 0 Å². The highest BCUT2D eigenvalue weighted by Gasteiger charge is 2.09. The van der Waals surface area contributed by atoms with Crippen LogP contribution in [0.25, 0.3) is 0 Å². The van der Waals surface area contributed by atoms with Crippen LogP contribution in [0.3, 0.4) is 0 Å². The van der Waals surface area contributed by atoms with Gasteiger partial charge in [0.2, 0.25) is 0 Å². The highest BCUT2D eigenvalue weighted by Crippen LogP contribution is 2.17. The average molecular weight is 314 g/mol. The number of nitrogens with zero attached hydrogens (tertiary/aromatic N) is 2. The third-order valence-corrected chi connectivity index (χ3v) is 3.30. The topological polar surface area (TPSA) is 77.8 Å². The van der Waals surface area contributed by atoms with Gasteiger partial charge in [-0.3, -0.25) is 9.78 Å². The highest BCUT2D eigenvalue weighted by molar-refractivity contribution is 6.03. The van der Waals surface area contributed by atoms with E-state index in [1.165, 1.54) is 0 Å². The van der Waals surface area contributed by atoms with Crippen molar-refractivity contribution in [2.45, 2.75) is 0 Å². The third kappa shape index (κ3) is 3.76. The van der Waals surface area contributed by atoms with Crippen LogP contribution in [0, 0.1) is 11.3 Å². The maximum Gasteiger partial charge on any atom is 0.274 e. The molecule has 2 aromatic carbocycles. The second-order valence-electron chi connectivity index (χ2n) is 5.07. The summed E-state index contributed by atoms with van der Waals surface area (Å²) >= 11 is 0. The molecule has 3 rings (SSSR count). The lowest BCUT2D eigenvalue weighted by atomic mass is 10.2. The van der Waals surface area contributed by atoms with E-state index in [0.717, 1.165) is 11.4 Å². The zero-order valence-corrected chi connectivity index (χ0v) is 12.7. The molecular weight excluding hydrogens is 300 g/mol. The van der Waals surface area contributed by atoms with Crippen molar-refractivity contribution in [3.63, 3.8) is 0 Å². The summed E-state index contributed by atoms with van der Waals surface area (Å²) in [5.74, 6) is -0.332. The minimum atomic E-state index is -0.332. The number of benzene rings is 2. The first-order valence-corrected chi connectivity index (χ1v) is 7.34. The summed E-state index contributed by atoms with van der Waals surface area (Å²) in [6.45, 7) is 0. The van der Waals surface area contributed by atoms with E-state index in [1.54, 1.807) is 42.6 Å². The van der Waals surface area contributed by atoms with Crippen LogP contribution >= 0.6 is 0 Å². The molecule has 0 saturated carbocycles. The largest absolute Gasteiger partial charge is 0.355 e. The molecule has 3 aromatic rings. The van der Waals surface area contributed by atoms with E-state index in [-0.39, 0.29) is 5.91 Å². The van der Waals surface area contributed by atoms with Crippen molar-refractivity contribution in [3.05, 3.63) is 84.2 Å². The number of carbonyl (C=O) groups excluding carboxylic acids is 1. The predicted octanol–water partition coefficient (Wildman–Crippen LogP) is 3.95. The lowest BCUT2D eigenvalue weighted by Crippen LogP contribution is -2.13. The Morgan fingerprint density at radius 1 is 0.917 bits per heavy atom. The van der Waals surface area contributed by atoms with E-state index in [9.17, 15) is 4.79 Å². The number of hydrogen-bond donors (Lipinski definition) is 2. The molecule has 0 fully saturated rings. The Labute approximate surface area is 139 Å². The first-order valence-electron chi connectivity index (χ1n) is 7.34. The average Bonchev–Trinajstić information content (AvgIpc) is 2.63. The number of carbonyl (C=O) groups is 1. The smallest absolute Gasteiger partial charge is 0.274 e. The molecule has 0 atom stereocenters. The molecule has 0 aliphatic heterocycles. The molecule has 0 unspecified atom stereocenters. The van der Waals surface area contributed by atoms with Crippen molar-refractivity contribution >= 4 is 23.0 Å². The summed E-state index contributed by atoms with van der Waals surface area (Å²) < 4.78 is 0. The fourth-order valence-electron chi connectivity index (χ4n) is 2.18. The predicted molar refractivity (Wildman–Crippen MR) is 93.1 cm³/mol. The molecule has 5 heteroatoms. The summed E-state index contributed by atoms with van der Waals surface area (Å²) in [5.41, 5.74) is 3.03. The van der Waals surface area contributed by atoms with Crippen LogP contribution in [0.2, 0.25) is 0 Å². The molecular formula is C19H14N4O. The van der Waals surface area contributed by atoms with Crippen LogP contribution < -0.4 is 10.6 Å². The van der Waals surface area contributed by atoms with Gasteiger partial charge >= 0.3 is 0 Å². The van der Waals surface area contributed by atoms with Crippen LogP contribution in [0.1, 0.15) is 16.1 Å². The van der Waals surface area contributed by atoms with Crippen molar-refractivity contribution in [1.82, 2.24) is 4.98 Å². The number of para-hydroxylation sites is 1. The zero-order chi connectivity index (χ0) is 16.8. The number of aromatic nitrogens is 1. The number of hydrogen-bond acceptors (Lipinski definition) is 4. The van der Waals surface area contributed by atoms with Gasteiger partial charge in [0.1, 0.15) is 5.69 Å². The standard InChI is InChI=1S/C19H14N4O/c20-13-14-5-4-8-16(11-14)23-19(24)18-12-17(9-10-21-18)22-15-6-2-1-3-7-15/h1-12H,(H,21,22)(H,23,24). The third-order valence-electron chi connectivity index (χ3n) is 3.30. The summed E-state index contributed by atoms with van der Waals surface area (Å²) in [4.78, 5) is 16.4. The molecule has 0 spiro atoms. The fourth-order valence-corrected chi connectivity index (χ4v) is 2.18. The minimum Gasteiger partial charge on any atom is -0.355 e. The van der Waals surface area contributed by atoms with Gasteiger partial charge < -0.3 is 10.6 Å². The van der Waals surface area contributed by atoms with E-state index < -0.39 is 0 Å². The van der Waals surface area contributed by atoms with Crippen molar-refractivity contribution < 1.29 is 4.79 Å². The van der Waals surface area contributed by atoms with Crippen molar-refractivity contribution in [3.8, 4) is 6.07 Å². The number of rotatable bonds is 4. The molecule has 0 bridgehead atoms. The van der Waals surface area contributed by atoms with Gasteiger partial charge in [-0.2, -0.15) is 5.26 Å². The second kappa shape index (κ2) is 7.07. The maximum absolute atomic E-state index is 12.3. The normalized spacial score (nSPS) is 9.79. The molecule has 0 aliphatic carbocycles. The number of amides is 1. The molecule has 0 radical (unpaired) electrons. The molecule has 116 valence electrons. The first-order chi connectivity index (χ1) is 11.7. The molecule has 24 heavy (non-hydrogen) atoms. The maximum atomic E-state index is 12.3. The van der Waals surface area contributed by atoms with Crippen molar-refractivity contribution in [1.29, 1.82) is 5.26 Å². The van der Waals surface area contributed by atoms with Gasteiger partial charge in [-0.25, -0.2) is 0 Å². The Morgan fingerprint density at radius 2 is 1.71 bits per heavy atom. The van der Waals surface area contributed by atoms with Crippen LogP contribution in [0.4, 0.5) is 17.1 Å². The molecule has 5 nitrogen and oxygen atoms in total. The van der Waals surface area contributed by atoms with Gasteiger partial charge in [-0.1, -0.05) is 24.3 Å². The van der Waals surface area contributed by atoms with E-state index in [0.29, 0.717) is 16.9 Å². The van der Waals surface area contributed by atoms with Gasteiger partial charge in [0.25, 0.3) is 5.91 Å². The Kier molecular flexibility index (Phi) is 4.50. The number of nitrogens with one attached hydrogen (secondary N) is 2. The van der Waals surface area contributed by atoms with E-state index >= 15 is 0 Å². The Balaban J connectivity index is 1.75. The quantitative estimate of drug-likeness (QED) is 0.764. The molecule has 1 amide bonds. The summed E-state index contributed by atoms with van der Waals surface area (Å²) in [5, 5.41) is 14.9. The number of pyridine rings is 1. The van der Waals surface area contributed by atoms with Gasteiger partial charge in [0, 0.05) is 23.3 Å². The Hall–Kier alpha value is -3.65. The van der Waals surface area contributed by atoms with Gasteiger partial charge in [0.05, 0.1) is 11.6 Å². The highest BCUT2D eigenvalue weighted by atomic mass is 16.1. The SMILES string of the molecule is N#Cc1cccc(NC(=O)c2cc(Nc3ccccc3)ccn2)c1. The monoisotopic (exact) mass is 314 g/mol. The van der Waals surface area contributed by atoms with Gasteiger partial charge in [-0.05, 0) is 42.5 Å². The second-order valence-corrected chi connectivity index (χ2v) is 5.07. The number of nitriles is 1. The lowest BCUT2D eigenvalue weighted by molar-refractivity contribution is 0.102.